The number of rotatable bonds is 6. The molecular formula is C17H27ClN2O3. The Hall–Kier alpha value is -1.46. The molecule has 1 aliphatic carbocycles. The number of hydrogen-bond acceptors (Lipinski definition) is 4. The quantitative estimate of drug-likeness (QED) is 0.833. The molecule has 1 aromatic rings. The summed E-state index contributed by atoms with van der Waals surface area (Å²) in [5.74, 6) is 1.53. The molecule has 0 bridgehead atoms. The zero-order valence-corrected chi connectivity index (χ0v) is 14.9. The molecule has 0 heterocycles. The van der Waals surface area contributed by atoms with Crippen molar-refractivity contribution in [3.63, 3.8) is 0 Å². The van der Waals surface area contributed by atoms with Crippen LogP contribution >= 0.6 is 12.4 Å². The number of ether oxygens (including phenoxy) is 2. The summed E-state index contributed by atoms with van der Waals surface area (Å²) >= 11 is 0. The van der Waals surface area contributed by atoms with Gasteiger partial charge in [0.1, 0.15) is 11.5 Å². The Balaban J connectivity index is 0.00000264. The summed E-state index contributed by atoms with van der Waals surface area (Å²) < 4.78 is 10.7. The number of halogens is 1. The van der Waals surface area contributed by atoms with Gasteiger partial charge in [-0.3, -0.25) is 4.79 Å². The second kappa shape index (κ2) is 8.41. The Bertz CT molecular complexity index is 531. The Labute approximate surface area is 144 Å². The summed E-state index contributed by atoms with van der Waals surface area (Å²) in [6.07, 6.45) is 3.89. The molecule has 1 atom stereocenters. The van der Waals surface area contributed by atoms with E-state index < -0.39 is 5.41 Å². The molecule has 0 radical (unpaired) electrons. The monoisotopic (exact) mass is 342 g/mol. The Morgan fingerprint density at radius 1 is 1.30 bits per heavy atom. The molecule has 0 aromatic heterocycles. The second-order valence-corrected chi connectivity index (χ2v) is 5.99. The first kappa shape index (κ1) is 19.6. The van der Waals surface area contributed by atoms with Crippen molar-refractivity contribution >= 4 is 18.3 Å². The SMILES string of the molecule is COc1ccc(OC)c(C(C)NC(=O)C2(CN)CCCC2)c1.Cl. The minimum atomic E-state index is -0.402. The molecule has 1 fully saturated rings. The molecule has 1 amide bonds. The number of hydrogen-bond donors (Lipinski definition) is 2. The van der Waals surface area contributed by atoms with Gasteiger partial charge in [0.15, 0.2) is 0 Å². The molecule has 1 unspecified atom stereocenters. The first-order valence-electron chi connectivity index (χ1n) is 7.79. The number of nitrogens with two attached hydrogens (primary N) is 1. The molecular weight excluding hydrogens is 316 g/mol. The van der Waals surface area contributed by atoms with Gasteiger partial charge in [0.2, 0.25) is 5.91 Å². The van der Waals surface area contributed by atoms with Crippen LogP contribution < -0.4 is 20.5 Å². The van der Waals surface area contributed by atoms with E-state index >= 15 is 0 Å². The summed E-state index contributed by atoms with van der Waals surface area (Å²) in [6.45, 7) is 2.36. The molecule has 0 aliphatic heterocycles. The van der Waals surface area contributed by atoms with Crippen molar-refractivity contribution in [1.82, 2.24) is 5.32 Å². The standard InChI is InChI=1S/C17H26N2O3.ClH/c1-12(14-10-13(21-2)6-7-15(14)22-3)19-16(20)17(11-18)8-4-5-9-17;/h6-7,10,12H,4-5,8-9,11,18H2,1-3H3,(H,19,20);1H. The van der Waals surface area contributed by atoms with E-state index in [1.807, 2.05) is 25.1 Å². The van der Waals surface area contributed by atoms with E-state index in [4.69, 9.17) is 15.2 Å². The van der Waals surface area contributed by atoms with Crippen LogP contribution in [-0.4, -0.2) is 26.7 Å². The van der Waals surface area contributed by atoms with Gasteiger partial charge in [0.25, 0.3) is 0 Å². The zero-order chi connectivity index (χ0) is 16.2. The number of methoxy groups -OCH3 is 2. The summed E-state index contributed by atoms with van der Waals surface area (Å²) in [5, 5.41) is 3.10. The lowest BCUT2D eigenvalue weighted by Crippen LogP contribution is -2.45. The predicted octanol–water partition coefficient (Wildman–Crippen LogP) is 2.82. The topological polar surface area (TPSA) is 73.6 Å². The van der Waals surface area contributed by atoms with Crippen molar-refractivity contribution in [1.29, 1.82) is 0 Å². The van der Waals surface area contributed by atoms with Crippen molar-refractivity contribution in [2.24, 2.45) is 11.1 Å². The highest BCUT2D eigenvalue weighted by Crippen LogP contribution is 2.38. The number of nitrogens with one attached hydrogen (secondary N) is 1. The minimum absolute atomic E-state index is 0. The highest BCUT2D eigenvalue weighted by atomic mass is 35.5. The fourth-order valence-electron chi connectivity index (χ4n) is 3.18. The fraction of sp³-hybridized carbons (Fsp3) is 0.588. The van der Waals surface area contributed by atoms with E-state index in [0.717, 1.165) is 42.7 Å². The van der Waals surface area contributed by atoms with E-state index in [-0.39, 0.29) is 24.4 Å². The molecule has 0 spiro atoms. The van der Waals surface area contributed by atoms with Crippen LogP contribution in [0, 0.1) is 5.41 Å². The third-order valence-corrected chi connectivity index (χ3v) is 4.68. The molecule has 0 saturated heterocycles. The molecule has 1 saturated carbocycles. The first-order chi connectivity index (χ1) is 10.6. The molecule has 1 aromatic carbocycles. The van der Waals surface area contributed by atoms with Crippen molar-refractivity contribution in [3.05, 3.63) is 23.8 Å². The largest absolute Gasteiger partial charge is 0.497 e. The van der Waals surface area contributed by atoms with Gasteiger partial charge in [-0.2, -0.15) is 0 Å². The van der Waals surface area contributed by atoms with Gasteiger partial charge in [-0.1, -0.05) is 12.8 Å². The van der Waals surface area contributed by atoms with Crippen LogP contribution in [0.1, 0.15) is 44.2 Å². The Morgan fingerprint density at radius 2 is 1.96 bits per heavy atom. The summed E-state index contributed by atoms with van der Waals surface area (Å²) in [5.41, 5.74) is 6.38. The molecule has 5 nitrogen and oxygen atoms in total. The molecule has 2 rings (SSSR count). The van der Waals surface area contributed by atoms with E-state index in [1.165, 1.54) is 0 Å². The van der Waals surface area contributed by atoms with Gasteiger partial charge in [0.05, 0.1) is 25.7 Å². The normalized spacial score (nSPS) is 17.0. The van der Waals surface area contributed by atoms with E-state index in [1.54, 1.807) is 14.2 Å². The highest BCUT2D eigenvalue weighted by Gasteiger charge is 2.40. The van der Waals surface area contributed by atoms with Crippen LogP contribution in [0.15, 0.2) is 18.2 Å². The average molecular weight is 343 g/mol. The summed E-state index contributed by atoms with van der Waals surface area (Å²) in [7, 11) is 3.25. The van der Waals surface area contributed by atoms with Gasteiger partial charge in [-0.15, -0.1) is 12.4 Å². The third-order valence-electron chi connectivity index (χ3n) is 4.68. The van der Waals surface area contributed by atoms with E-state index in [9.17, 15) is 4.79 Å². The molecule has 6 heteroatoms. The van der Waals surface area contributed by atoms with Gasteiger partial charge in [-0.25, -0.2) is 0 Å². The number of amides is 1. The van der Waals surface area contributed by atoms with Gasteiger partial charge < -0.3 is 20.5 Å². The van der Waals surface area contributed by atoms with E-state index in [2.05, 4.69) is 5.32 Å². The lowest BCUT2D eigenvalue weighted by molar-refractivity contribution is -0.131. The van der Waals surface area contributed by atoms with Crippen molar-refractivity contribution in [3.8, 4) is 11.5 Å². The van der Waals surface area contributed by atoms with Crippen molar-refractivity contribution in [2.45, 2.75) is 38.6 Å². The van der Waals surface area contributed by atoms with Gasteiger partial charge in [0, 0.05) is 12.1 Å². The minimum Gasteiger partial charge on any atom is -0.497 e. The van der Waals surface area contributed by atoms with Crippen LogP contribution in [0.2, 0.25) is 0 Å². The van der Waals surface area contributed by atoms with Crippen LogP contribution in [-0.2, 0) is 4.79 Å². The van der Waals surface area contributed by atoms with Crippen LogP contribution in [0.4, 0.5) is 0 Å². The number of carbonyl (C=O) groups excluding carboxylic acids is 1. The predicted molar refractivity (Wildman–Crippen MR) is 93.3 cm³/mol. The molecule has 3 N–H and O–H groups in total. The fourth-order valence-corrected chi connectivity index (χ4v) is 3.18. The highest BCUT2D eigenvalue weighted by molar-refractivity contribution is 5.85. The summed E-state index contributed by atoms with van der Waals surface area (Å²) in [6, 6.07) is 5.43. The van der Waals surface area contributed by atoms with Crippen molar-refractivity contribution < 1.29 is 14.3 Å². The van der Waals surface area contributed by atoms with Gasteiger partial charge in [-0.05, 0) is 38.0 Å². The number of carbonyl (C=O) groups is 1. The molecule has 130 valence electrons. The van der Waals surface area contributed by atoms with E-state index in [0.29, 0.717) is 6.54 Å². The third kappa shape index (κ3) is 4.09. The smallest absolute Gasteiger partial charge is 0.227 e. The van der Waals surface area contributed by atoms with Crippen LogP contribution in [0.25, 0.3) is 0 Å². The molecule has 1 aliphatic rings. The summed E-state index contributed by atoms with van der Waals surface area (Å²) in [4.78, 5) is 12.7. The van der Waals surface area contributed by atoms with Crippen LogP contribution in [0.5, 0.6) is 11.5 Å². The van der Waals surface area contributed by atoms with Gasteiger partial charge >= 0.3 is 0 Å². The van der Waals surface area contributed by atoms with Crippen molar-refractivity contribution in [2.75, 3.05) is 20.8 Å². The maximum Gasteiger partial charge on any atom is 0.227 e. The molecule has 23 heavy (non-hydrogen) atoms. The Morgan fingerprint density at radius 3 is 2.48 bits per heavy atom. The zero-order valence-electron chi connectivity index (χ0n) is 14.1. The first-order valence-corrected chi connectivity index (χ1v) is 7.79. The maximum absolute atomic E-state index is 12.7. The lowest BCUT2D eigenvalue weighted by Gasteiger charge is -2.28. The maximum atomic E-state index is 12.7. The van der Waals surface area contributed by atoms with Crippen LogP contribution in [0.3, 0.4) is 0 Å². The second-order valence-electron chi connectivity index (χ2n) is 5.99. The Kier molecular flexibility index (Phi) is 7.16. The lowest BCUT2D eigenvalue weighted by atomic mass is 9.85. The average Bonchev–Trinajstić information content (AvgIpc) is 3.04. The number of benzene rings is 1.